The Bertz CT molecular complexity index is 321. The minimum Gasteiger partial charge on any atom is -0.0622 e. The van der Waals surface area contributed by atoms with Crippen LogP contribution in [0.25, 0.3) is 0 Å². The third-order valence-corrected chi connectivity index (χ3v) is 3.08. The summed E-state index contributed by atoms with van der Waals surface area (Å²) in [4.78, 5) is 0. The molecule has 68 valence electrons. The molecule has 0 aliphatic rings. The molecular weight excluding hydrogens is 319 g/mol. The van der Waals surface area contributed by atoms with E-state index in [1.54, 1.807) is 0 Å². The molecule has 0 N–H and O–H groups in total. The molecule has 0 unspecified atom stereocenters. The Morgan fingerprint density at radius 1 is 0.571 bits per heavy atom. The summed E-state index contributed by atoms with van der Waals surface area (Å²) in [7, 11) is 0.777. The van der Waals surface area contributed by atoms with Crippen molar-refractivity contribution in [2.45, 2.75) is 0 Å². The summed E-state index contributed by atoms with van der Waals surface area (Å²) in [6.07, 6.45) is 0. The Balaban J connectivity index is 0.000000980. The molecule has 0 nitrogen and oxygen atoms in total. The van der Waals surface area contributed by atoms with Crippen LogP contribution >= 0.6 is 8.58 Å². The number of hydrogen-bond donors (Lipinski definition) is 0. The SMILES string of the molecule is [Nd].c1ccc(Pc2ccccc2)cc1. The zero-order chi connectivity index (χ0) is 8.93. The fourth-order valence-corrected chi connectivity index (χ4v) is 2.26. The van der Waals surface area contributed by atoms with Crippen molar-refractivity contribution in [2.75, 3.05) is 0 Å². The second-order valence-corrected chi connectivity index (χ2v) is 4.26. The van der Waals surface area contributed by atoms with Gasteiger partial charge in [-0.15, -0.1) is 0 Å². The standard InChI is InChI=1S/C12H11P.Nd/c1-3-7-11(8-4-1)13-12-9-5-2-6-10-12;/h1-10,13H;. The average Bonchev–Trinajstić information content (AvgIpc) is 2.21. The molecule has 0 aliphatic carbocycles. The molecule has 2 aromatic rings. The van der Waals surface area contributed by atoms with E-state index in [0.29, 0.717) is 0 Å². The quantitative estimate of drug-likeness (QED) is 0.742. The smallest absolute Gasteiger partial charge is 0 e. The van der Waals surface area contributed by atoms with Gasteiger partial charge in [0, 0.05) is 40.8 Å². The van der Waals surface area contributed by atoms with Crippen molar-refractivity contribution in [3.05, 3.63) is 60.7 Å². The summed E-state index contributed by atoms with van der Waals surface area (Å²) in [6, 6.07) is 21.2. The van der Waals surface area contributed by atoms with E-state index in [1.807, 2.05) is 0 Å². The van der Waals surface area contributed by atoms with Crippen LogP contribution in [0.3, 0.4) is 0 Å². The van der Waals surface area contributed by atoms with Gasteiger partial charge in [-0.3, -0.25) is 0 Å². The first-order valence-corrected chi connectivity index (χ1v) is 5.32. The predicted octanol–water partition coefficient (Wildman–Crippen LogP) is 2.32. The molecule has 0 atom stereocenters. The fourth-order valence-electron chi connectivity index (χ4n) is 1.21. The van der Waals surface area contributed by atoms with Crippen molar-refractivity contribution in [1.82, 2.24) is 0 Å². The van der Waals surface area contributed by atoms with E-state index < -0.39 is 0 Å². The van der Waals surface area contributed by atoms with Crippen molar-refractivity contribution in [1.29, 1.82) is 0 Å². The third kappa shape index (κ3) is 3.76. The number of rotatable bonds is 2. The van der Waals surface area contributed by atoms with E-state index in [4.69, 9.17) is 0 Å². The zero-order valence-electron chi connectivity index (χ0n) is 7.77. The van der Waals surface area contributed by atoms with E-state index >= 15 is 0 Å². The monoisotopic (exact) mass is 328 g/mol. The van der Waals surface area contributed by atoms with E-state index in [2.05, 4.69) is 60.7 Å². The van der Waals surface area contributed by atoms with Gasteiger partial charge < -0.3 is 0 Å². The Morgan fingerprint density at radius 2 is 0.929 bits per heavy atom. The number of hydrogen-bond acceptors (Lipinski definition) is 0. The Hall–Kier alpha value is 0.221. The van der Waals surface area contributed by atoms with Crippen molar-refractivity contribution < 1.29 is 40.8 Å². The maximum atomic E-state index is 2.17. The molecule has 0 heterocycles. The molecule has 0 amide bonds. The normalized spacial score (nSPS) is 9.14. The Morgan fingerprint density at radius 3 is 1.29 bits per heavy atom. The molecule has 0 saturated heterocycles. The zero-order valence-corrected chi connectivity index (χ0v) is 12.0. The van der Waals surface area contributed by atoms with Crippen molar-refractivity contribution >= 4 is 19.2 Å². The van der Waals surface area contributed by atoms with Crippen LogP contribution in [0.4, 0.5) is 0 Å². The first-order valence-electron chi connectivity index (χ1n) is 4.32. The van der Waals surface area contributed by atoms with Gasteiger partial charge in [0.25, 0.3) is 0 Å². The first-order chi connectivity index (χ1) is 6.45. The maximum Gasteiger partial charge on any atom is 0 e. The molecule has 0 aliphatic heterocycles. The molecule has 2 rings (SSSR count). The van der Waals surface area contributed by atoms with Crippen LogP contribution in [-0.4, -0.2) is 0 Å². The maximum absolute atomic E-state index is 2.17. The van der Waals surface area contributed by atoms with Gasteiger partial charge in [0.2, 0.25) is 0 Å². The Kier molecular flexibility index (Phi) is 5.85. The molecule has 0 fully saturated rings. The summed E-state index contributed by atoms with van der Waals surface area (Å²) >= 11 is 0. The minimum absolute atomic E-state index is 0. The van der Waals surface area contributed by atoms with Crippen molar-refractivity contribution in [3.8, 4) is 0 Å². The largest absolute Gasteiger partial charge is 0.0622 e. The first kappa shape index (κ1) is 12.3. The van der Waals surface area contributed by atoms with Gasteiger partial charge in [-0.2, -0.15) is 0 Å². The molecule has 2 aromatic carbocycles. The van der Waals surface area contributed by atoms with Gasteiger partial charge in [-0.25, -0.2) is 0 Å². The van der Waals surface area contributed by atoms with Crippen molar-refractivity contribution in [2.24, 2.45) is 0 Å². The van der Waals surface area contributed by atoms with Gasteiger partial charge in [0.05, 0.1) is 0 Å². The predicted molar refractivity (Wildman–Crippen MR) is 60.5 cm³/mol. The van der Waals surface area contributed by atoms with Crippen LogP contribution in [-0.2, 0) is 0 Å². The molecule has 0 radical (unpaired) electrons. The molecule has 2 heteroatoms. The van der Waals surface area contributed by atoms with Crippen molar-refractivity contribution in [3.63, 3.8) is 0 Å². The van der Waals surface area contributed by atoms with Gasteiger partial charge in [0.1, 0.15) is 0 Å². The van der Waals surface area contributed by atoms with Crippen LogP contribution in [0.5, 0.6) is 0 Å². The minimum atomic E-state index is 0. The molecule has 0 aromatic heterocycles. The Labute approximate surface area is 119 Å². The van der Waals surface area contributed by atoms with Crippen LogP contribution in [0.15, 0.2) is 60.7 Å². The second kappa shape index (κ2) is 6.66. The van der Waals surface area contributed by atoms with E-state index in [9.17, 15) is 0 Å². The average molecular weight is 330 g/mol. The van der Waals surface area contributed by atoms with Gasteiger partial charge in [-0.1, -0.05) is 69.2 Å². The fraction of sp³-hybridized carbons (Fsp3) is 0. The van der Waals surface area contributed by atoms with Crippen LogP contribution in [0, 0.1) is 40.8 Å². The summed E-state index contributed by atoms with van der Waals surface area (Å²) in [5, 5.41) is 2.79. The topological polar surface area (TPSA) is 0 Å². The van der Waals surface area contributed by atoms with E-state index in [0.717, 1.165) is 8.58 Å². The van der Waals surface area contributed by atoms with Crippen LogP contribution in [0.1, 0.15) is 0 Å². The molecule has 0 saturated carbocycles. The third-order valence-electron chi connectivity index (χ3n) is 1.84. The summed E-state index contributed by atoms with van der Waals surface area (Å²) < 4.78 is 0. The van der Waals surface area contributed by atoms with Gasteiger partial charge >= 0.3 is 0 Å². The van der Waals surface area contributed by atoms with Crippen LogP contribution < -0.4 is 10.6 Å². The van der Waals surface area contributed by atoms with Gasteiger partial charge in [-0.05, 0) is 10.6 Å². The van der Waals surface area contributed by atoms with E-state index in [-0.39, 0.29) is 40.8 Å². The second-order valence-electron chi connectivity index (χ2n) is 2.86. The summed E-state index contributed by atoms with van der Waals surface area (Å²) in [5.74, 6) is 0. The summed E-state index contributed by atoms with van der Waals surface area (Å²) in [6.45, 7) is 0. The summed E-state index contributed by atoms with van der Waals surface area (Å²) in [5.41, 5.74) is 0. The van der Waals surface area contributed by atoms with Gasteiger partial charge in [0.15, 0.2) is 0 Å². The number of benzene rings is 2. The molecule has 0 bridgehead atoms. The molecule has 14 heavy (non-hydrogen) atoms. The van der Waals surface area contributed by atoms with Crippen LogP contribution in [0.2, 0.25) is 0 Å². The molecule has 0 spiro atoms. The van der Waals surface area contributed by atoms with E-state index in [1.165, 1.54) is 10.6 Å². The molecular formula is C12H11NdP.